The fourth-order valence-electron chi connectivity index (χ4n) is 2.20. The summed E-state index contributed by atoms with van der Waals surface area (Å²) < 4.78 is 40.3. The number of alkyl halides is 3. The van der Waals surface area contributed by atoms with Crippen LogP contribution in [-0.2, 0) is 4.79 Å². The molecule has 0 aromatic heterocycles. The first-order valence-corrected chi connectivity index (χ1v) is 5.72. The first-order chi connectivity index (χ1) is 9.38. The predicted molar refractivity (Wildman–Crippen MR) is 70.2 cm³/mol. The van der Waals surface area contributed by atoms with Gasteiger partial charge in [-0.1, -0.05) is 24.1 Å². The van der Waals surface area contributed by atoms with E-state index in [0.29, 0.717) is 0 Å². The van der Waals surface area contributed by atoms with Crippen LogP contribution in [0.15, 0.2) is 36.9 Å². The number of para-hydroxylation sites is 2. The largest absolute Gasteiger partial charge is 0.432 e. The number of carbonyl (C=O) groups is 1. The van der Waals surface area contributed by atoms with Crippen LogP contribution in [-0.4, -0.2) is 24.2 Å². The highest BCUT2D eigenvalue weighted by molar-refractivity contribution is 6.09. The molecule has 1 N–H and O–H groups in total. The minimum absolute atomic E-state index is 0.200. The smallest absolute Gasteiger partial charge is 0.334 e. The van der Waals surface area contributed by atoms with E-state index in [2.05, 4.69) is 11.9 Å². The molecule has 2 rings (SSSR count). The van der Waals surface area contributed by atoms with Gasteiger partial charge < -0.3 is 10.2 Å². The lowest BCUT2D eigenvalue weighted by Crippen LogP contribution is -2.67. The van der Waals surface area contributed by atoms with Crippen molar-refractivity contribution in [1.29, 1.82) is 0 Å². The Hall–Kier alpha value is -2.42. The Kier molecular flexibility index (Phi) is 3.22. The van der Waals surface area contributed by atoms with Crippen LogP contribution < -0.4 is 10.2 Å². The van der Waals surface area contributed by atoms with Gasteiger partial charge in [0.05, 0.1) is 11.4 Å². The highest BCUT2D eigenvalue weighted by Gasteiger charge is 2.65. The topological polar surface area (TPSA) is 32.3 Å². The Morgan fingerprint density at radius 1 is 1.45 bits per heavy atom. The molecule has 1 heterocycles. The quantitative estimate of drug-likeness (QED) is 0.667. The number of carbonyl (C=O) groups excluding carboxylic acids is 1. The summed E-state index contributed by atoms with van der Waals surface area (Å²) in [5.74, 6) is 0.340. The van der Waals surface area contributed by atoms with Crippen molar-refractivity contribution in [2.24, 2.45) is 0 Å². The summed E-state index contributed by atoms with van der Waals surface area (Å²) in [6.07, 6.45) is 1.44. The number of anilines is 2. The maximum atomic E-state index is 13.4. The van der Waals surface area contributed by atoms with Crippen LogP contribution in [0.4, 0.5) is 24.5 Å². The Balaban J connectivity index is 2.72. The molecule has 1 aromatic carbocycles. The maximum absolute atomic E-state index is 13.4. The van der Waals surface area contributed by atoms with Crippen LogP contribution in [0, 0.1) is 12.3 Å². The zero-order valence-electron chi connectivity index (χ0n) is 10.4. The highest BCUT2D eigenvalue weighted by Crippen LogP contribution is 2.44. The number of benzene rings is 1. The van der Waals surface area contributed by atoms with E-state index < -0.39 is 17.6 Å². The molecule has 1 aliphatic heterocycles. The van der Waals surface area contributed by atoms with Crippen LogP contribution >= 0.6 is 0 Å². The van der Waals surface area contributed by atoms with Gasteiger partial charge in [-0.15, -0.1) is 13.0 Å². The maximum Gasteiger partial charge on any atom is 0.432 e. The van der Waals surface area contributed by atoms with E-state index in [4.69, 9.17) is 6.42 Å². The number of hydrogen-bond donors (Lipinski definition) is 1. The summed E-state index contributed by atoms with van der Waals surface area (Å²) in [6, 6.07) is 6.17. The molecule has 0 fully saturated rings. The Morgan fingerprint density at radius 3 is 2.65 bits per heavy atom. The van der Waals surface area contributed by atoms with E-state index in [1.54, 1.807) is 18.1 Å². The molecular formula is C14H11F3N2O. The molecule has 0 spiro atoms. The molecule has 1 amide bonds. The molecule has 1 atom stereocenters. The van der Waals surface area contributed by atoms with E-state index in [9.17, 15) is 18.0 Å². The summed E-state index contributed by atoms with van der Waals surface area (Å²) in [5.41, 5.74) is -2.54. The van der Waals surface area contributed by atoms with Gasteiger partial charge in [0.2, 0.25) is 0 Å². The SMILES string of the molecule is C#CC1(C(F)(F)F)C(=O)Nc2ccccc2N1CC=C. The summed E-state index contributed by atoms with van der Waals surface area (Å²) >= 11 is 0. The second kappa shape index (κ2) is 4.60. The number of nitrogens with one attached hydrogen (secondary N) is 1. The average molecular weight is 280 g/mol. The van der Waals surface area contributed by atoms with Gasteiger partial charge in [0.1, 0.15) is 0 Å². The van der Waals surface area contributed by atoms with Gasteiger partial charge >= 0.3 is 6.18 Å². The summed E-state index contributed by atoms with van der Waals surface area (Å²) in [4.78, 5) is 12.8. The molecule has 1 aliphatic rings. The lowest BCUT2D eigenvalue weighted by Gasteiger charge is -2.44. The van der Waals surface area contributed by atoms with Crippen LogP contribution in [0.2, 0.25) is 0 Å². The molecule has 3 nitrogen and oxygen atoms in total. The monoisotopic (exact) mass is 280 g/mol. The number of rotatable bonds is 2. The molecule has 20 heavy (non-hydrogen) atoms. The van der Waals surface area contributed by atoms with Crippen LogP contribution in [0.25, 0.3) is 0 Å². The predicted octanol–water partition coefficient (Wildman–Crippen LogP) is 2.57. The van der Waals surface area contributed by atoms with Gasteiger partial charge in [-0.25, -0.2) is 0 Å². The third kappa shape index (κ3) is 1.74. The Bertz CT molecular complexity index is 603. The third-order valence-corrected chi connectivity index (χ3v) is 3.11. The van der Waals surface area contributed by atoms with E-state index >= 15 is 0 Å². The van der Waals surface area contributed by atoms with Gasteiger partial charge in [0.15, 0.2) is 0 Å². The zero-order chi connectivity index (χ0) is 15.0. The van der Waals surface area contributed by atoms with Crippen molar-refractivity contribution in [3.8, 4) is 12.3 Å². The van der Waals surface area contributed by atoms with Crippen molar-refractivity contribution in [3.05, 3.63) is 36.9 Å². The fraction of sp³-hybridized carbons (Fsp3) is 0.214. The van der Waals surface area contributed by atoms with Crippen LogP contribution in [0.1, 0.15) is 0 Å². The molecule has 1 unspecified atom stereocenters. The normalized spacial score (nSPS) is 21.7. The first kappa shape index (κ1) is 14.0. The number of fused-ring (bicyclic) bond motifs is 1. The molecule has 0 saturated carbocycles. The minimum atomic E-state index is -4.91. The summed E-state index contributed by atoms with van der Waals surface area (Å²) in [6.45, 7) is 3.23. The fourth-order valence-corrected chi connectivity index (χ4v) is 2.20. The van der Waals surface area contributed by atoms with E-state index in [1.807, 2.05) is 0 Å². The third-order valence-electron chi connectivity index (χ3n) is 3.11. The molecule has 0 radical (unpaired) electrons. The Morgan fingerprint density at radius 2 is 2.10 bits per heavy atom. The van der Waals surface area contributed by atoms with E-state index in [0.717, 1.165) is 4.90 Å². The van der Waals surface area contributed by atoms with Crippen molar-refractivity contribution < 1.29 is 18.0 Å². The standard InChI is InChI=1S/C14H11F3N2O/c1-3-9-19-11-8-6-5-7-10(11)18-12(20)13(19,4-2)14(15,16)17/h2-3,5-8H,1,9H2,(H,18,20). The van der Waals surface area contributed by atoms with Crippen molar-refractivity contribution in [2.45, 2.75) is 11.7 Å². The average Bonchev–Trinajstić information content (AvgIpc) is 2.38. The van der Waals surface area contributed by atoms with Crippen LogP contribution in [0.5, 0.6) is 0 Å². The number of terminal acetylenes is 1. The van der Waals surface area contributed by atoms with Crippen molar-refractivity contribution in [3.63, 3.8) is 0 Å². The van der Waals surface area contributed by atoms with Crippen molar-refractivity contribution >= 4 is 17.3 Å². The summed E-state index contributed by atoms with van der Waals surface area (Å²) in [5, 5.41) is 2.22. The summed E-state index contributed by atoms with van der Waals surface area (Å²) in [7, 11) is 0. The first-order valence-electron chi connectivity index (χ1n) is 5.72. The number of amides is 1. The van der Waals surface area contributed by atoms with E-state index in [-0.39, 0.29) is 17.9 Å². The van der Waals surface area contributed by atoms with Gasteiger partial charge in [0, 0.05) is 6.54 Å². The number of halogens is 3. The van der Waals surface area contributed by atoms with Gasteiger partial charge in [-0.2, -0.15) is 13.2 Å². The van der Waals surface area contributed by atoms with Gasteiger partial charge in [0.25, 0.3) is 11.4 Å². The lowest BCUT2D eigenvalue weighted by molar-refractivity contribution is -0.176. The molecule has 6 heteroatoms. The zero-order valence-corrected chi connectivity index (χ0v) is 10.4. The molecule has 0 saturated heterocycles. The molecule has 0 bridgehead atoms. The molecule has 0 aliphatic carbocycles. The lowest BCUT2D eigenvalue weighted by atomic mass is 9.91. The van der Waals surface area contributed by atoms with E-state index in [1.165, 1.54) is 18.2 Å². The van der Waals surface area contributed by atoms with Gasteiger partial charge in [-0.3, -0.25) is 4.79 Å². The van der Waals surface area contributed by atoms with Crippen LogP contribution in [0.3, 0.4) is 0 Å². The van der Waals surface area contributed by atoms with Crippen molar-refractivity contribution in [1.82, 2.24) is 0 Å². The number of hydrogen-bond acceptors (Lipinski definition) is 2. The second-order valence-corrected chi connectivity index (χ2v) is 4.22. The van der Waals surface area contributed by atoms with Gasteiger partial charge in [-0.05, 0) is 12.1 Å². The molecule has 104 valence electrons. The highest BCUT2D eigenvalue weighted by atomic mass is 19.4. The molecule has 1 aromatic rings. The second-order valence-electron chi connectivity index (χ2n) is 4.22. The Labute approximate surface area is 114 Å². The van der Waals surface area contributed by atoms with Crippen molar-refractivity contribution in [2.75, 3.05) is 16.8 Å². The minimum Gasteiger partial charge on any atom is -0.334 e. The molecular weight excluding hydrogens is 269 g/mol. The number of nitrogens with zero attached hydrogens (tertiary/aromatic N) is 1.